The molecule has 0 atom stereocenters. The Morgan fingerprint density at radius 1 is 1.11 bits per heavy atom. The molecule has 0 aliphatic heterocycles. The predicted octanol–water partition coefficient (Wildman–Crippen LogP) is 2.53. The van der Waals surface area contributed by atoms with Crippen LogP contribution in [0.1, 0.15) is 25.3 Å². The topological polar surface area (TPSA) is 0 Å². The molecule has 0 spiro atoms. The maximum Gasteiger partial charge on any atom is 0 e. The molecule has 0 heterocycles. The maximum absolute atomic E-state index is 2.20. The molecule has 0 saturated heterocycles. The van der Waals surface area contributed by atoms with Crippen LogP contribution in [0.3, 0.4) is 0 Å². The summed E-state index contributed by atoms with van der Waals surface area (Å²) in [5.74, 6) is 0.685. The van der Waals surface area contributed by atoms with Gasteiger partial charge in [0.25, 0.3) is 0 Å². The van der Waals surface area contributed by atoms with Gasteiger partial charge >= 0.3 is 0 Å². The van der Waals surface area contributed by atoms with Crippen molar-refractivity contribution in [2.75, 3.05) is 0 Å². The second kappa shape index (κ2) is 3.81. The van der Waals surface area contributed by atoms with E-state index in [0.29, 0.717) is 5.92 Å². The average Bonchev–Trinajstić information content (AvgIpc) is 2.12. The SMILES string of the molecule is CC(C)[c-]1cccc1.[Mn]. The van der Waals surface area contributed by atoms with Crippen molar-refractivity contribution in [3.63, 3.8) is 0 Å². The third kappa shape index (κ3) is 2.29. The quantitative estimate of drug-likeness (QED) is 0.439. The van der Waals surface area contributed by atoms with Gasteiger partial charge in [-0.25, -0.2) is 12.1 Å². The van der Waals surface area contributed by atoms with E-state index in [2.05, 4.69) is 38.1 Å². The minimum Gasteiger partial charge on any atom is -0.213 e. The van der Waals surface area contributed by atoms with Gasteiger partial charge in [0, 0.05) is 17.1 Å². The Hall–Kier alpha value is -0.131. The van der Waals surface area contributed by atoms with Crippen molar-refractivity contribution in [3.8, 4) is 0 Å². The molecule has 51 valence electrons. The van der Waals surface area contributed by atoms with Gasteiger partial charge in [-0.05, 0) is 0 Å². The molecule has 0 aromatic heterocycles. The van der Waals surface area contributed by atoms with Crippen molar-refractivity contribution in [2.45, 2.75) is 19.8 Å². The molecule has 0 aliphatic carbocycles. The molecule has 1 radical (unpaired) electrons. The standard InChI is InChI=1S/C8H11.Mn/c1-7(2)8-5-3-4-6-8;/h3-7H,1-2H3;/q-1;. The molecule has 0 nitrogen and oxygen atoms in total. The van der Waals surface area contributed by atoms with Crippen LogP contribution in [0, 0.1) is 0 Å². The summed E-state index contributed by atoms with van der Waals surface area (Å²) in [7, 11) is 0. The first-order chi connectivity index (χ1) is 3.80. The molecule has 0 bridgehead atoms. The van der Waals surface area contributed by atoms with Gasteiger partial charge in [0.2, 0.25) is 0 Å². The summed E-state index contributed by atoms with van der Waals surface area (Å²) in [5.41, 5.74) is 1.44. The number of rotatable bonds is 1. The van der Waals surface area contributed by atoms with Crippen LogP contribution in [0.4, 0.5) is 0 Å². The van der Waals surface area contributed by atoms with Gasteiger partial charge < -0.3 is 0 Å². The van der Waals surface area contributed by atoms with Crippen LogP contribution in [0.15, 0.2) is 24.3 Å². The van der Waals surface area contributed by atoms with E-state index in [4.69, 9.17) is 0 Å². The fourth-order valence-corrected chi connectivity index (χ4v) is 0.774. The van der Waals surface area contributed by atoms with Gasteiger partial charge in [-0.3, -0.25) is 0 Å². The van der Waals surface area contributed by atoms with Crippen LogP contribution in [0.25, 0.3) is 0 Å². The zero-order valence-corrected chi connectivity index (χ0v) is 6.95. The molecule has 0 saturated carbocycles. The van der Waals surface area contributed by atoms with Crippen LogP contribution in [-0.4, -0.2) is 0 Å². The molecule has 0 aliphatic rings. The van der Waals surface area contributed by atoms with Gasteiger partial charge in [0.15, 0.2) is 0 Å². The van der Waals surface area contributed by atoms with Gasteiger partial charge in [-0.15, -0.1) is 0 Å². The summed E-state index contributed by atoms with van der Waals surface area (Å²) in [4.78, 5) is 0. The first-order valence-electron chi connectivity index (χ1n) is 3.02. The summed E-state index contributed by atoms with van der Waals surface area (Å²) >= 11 is 0. The Morgan fingerprint density at radius 3 is 1.78 bits per heavy atom. The van der Waals surface area contributed by atoms with Gasteiger partial charge in [0.05, 0.1) is 0 Å². The van der Waals surface area contributed by atoms with E-state index in [1.165, 1.54) is 5.56 Å². The van der Waals surface area contributed by atoms with E-state index < -0.39 is 0 Å². The second-order valence-electron chi connectivity index (χ2n) is 2.37. The molecule has 0 fully saturated rings. The van der Waals surface area contributed by atoms with E-state index in [1.807, 2.05) is 0 Å². The van der Waals surface area contributed by atoms with E-state index in [0.717, 1.165) is 0 Å². The molecular weight excluding hydrogens is 151 g/mol. The summed E-state index contributed by atoms with van der Waals surface area (Å²) in [6.07, 6.45) is 0. The van der Waals surface area contributed by atoms with Crippen molar-refractivity contribution >= 4 is 0 Å². The molecule has 9 heavy (non-hydrogen) atoms. The van der Waals surface area contributed by atoms with E-state index in [1.54, 1.807) is 0 Å². The van der Waals surface area contributed by atoms with E-state index in [-0.39, 0.29) is 17.1 Å². The minimum atomic E-state index is 0. The second-order valence-corrected chi connectivity index (χ2v) is 2.37. The molecule has 0 unspecified atom stereocenters. The van der Waals surface area contributed by atoms with Crippen LogP contribution >= 0.6 is 0 Å². The van der Waals surface area contributed by atoms with Crippen LogP contribution in [-0.2, 0) is 17.1 Å². The molecule has 1 heteroatoms. The molecule has 1 rings (SSSR count). The molecule has 0 amide bonds. The maximum atomic E-state index is 2.20. The Morgan fingerprint density at radius 2 is 1.56 bits per heavy atom. The summed E-state index contributed by atoms with van der Waals surface area (Å²) < 4.78 is 0. The molecule has 1 aromatic carbocycles. The Labute approximate surface area is 67.1 Å². The third-order valence-corrected chi connectivity index (χ3v) is 1.36. The molecule has 1 aromatic rings. The van der Waals surface area contributed by atoms with E-state index in [9.17, 15) is 0 Å². The van der Waals surface area contributed by atoms with Crippen molar-refractivity contribution in [1.82, 2.24) is 0 Å². The fourth-order valence-electron chi connectivity index (χ4n) is 0.774. The zero-order chi connectivity index (χ0) is 5.98. The summed E-state index contributed by atoms with van der Waals surface area (Å²) in [6, 6.07) is 8.47. The number of hydrogen-bond acceptors (Lipinski definition) is 0. The first kappa shape index (κ1) is 8.87. The van der Waals surface area contributed by atoms with Crippen LogP contribution in [0.5, 0.6) is 0 Å². The monoisotopic (exact) mass is 162 g/mol. The van der Waals surface area contributed by atoms with Crippen molar-refractivity contribution in [1.29, 1.82) is 0 Å². The normalized spacial score (nSPS) is 9.22. The third-order valence-electron chi connectivity index (χ3n) is 1.36. The van der Waals surface area contributed by atoms with Crippen LogP contribution < -0.4 is 0 Å². The fraction of sp³-hybridized carbons (Fsp3) is 0.375. The van der Waals surface area contributed by atoms with Crippen molar-refractivity contribution in [2.24, 2.45) is 0 Å². The Bertz CT molecular complexity index is 140. The minimum absolute atomic E-state index is 0. The average molecular weight is 162 g/mol. The van der Waals surface area contributed by atoms with E-state index >= 15 is 0 Å². The smallest absolute Gasteiger partial charge is 0 e. The molecular formula is C8H11Mn-. The van der Waals surface area contributed by atoms with Crippen LogP contribution in [0.2, 0.25) is 0 Å². The number of hydrogen-bond donors (Lipinski definition) is 0. The summed E-state index contributed by atoms with van der Waals surface area (Å²) in [6.45, 7) is 4.41. The Balaban J connectivity index is 0.000000640. The van der Waals surface area contributed by atoms with Gasteiger partial charge in [0.1, 0.15) is 0 Å². The first-order valence-corrected chi connectivity index (χ1v) is 3.02. The Kier molecular flexibility index (Phi) is 3.76. The van der Waals surface area contributed by atoms with Crippen molar-refractivity contribution in [3.05, 3.63) is 29.8 Å². The largest absolute Gasteiger partial charge is 0.213 e. The predicted molar refractivity (Wildman–Crippen MR) is 36.1 cm³/mol. The van der Waals surface area contributed by atoms with Gasteiger partial charge in [-0.2, -0.15) is 17.7 Å². The van der Waals surface area contributed by atoms with Gasteiger partial charge in [-0.1, -0.05) is 19.8 Å². The zero-order valence-electron chi connectivity index (χ0n) is 5.76. The molecule has 0 N–H and O–H groups in total. The summed E-state index contributed by atoms with van der Waals surface area (Å²) in [5, 5.41) is 0. The van der Waals surface area contributed by atoms with Crippen molar-refractivity contribution < 1.29 is 17.1 Å².